The van der Waals surface area contributed by atoms with E-state index in [0.717, 1.165) is 0 Å². The number of rotatable bonds is 13. The second kappa shape index (κ2) is 12.9. The average molecular weight is 438 g/mol. The third-order valence-electron chi connectivity index (χ3n) is 4.16. The zero-order valence-electron chi connectivity index (χ0n) is 16.6. The molecule has 3 atom stereocenters. The van der Waals surface area contributed by atoms with Gasteiger partial charge in [-0.1, -0.05) is 30.3 Å². The summed E-state index contributed by atoms with van der Waals surface area (Å²) in [5.41, 5.74) is 6.18. The Kier molecular flexibility index (Phi) is 10.6. The molecule has 31 heavy (non-hydrogen) atoms. The Morgan fingerprint density at radius 1 is 0.935 bits per heavy atom. The van der Waals surface area contributed by atoms with Crippen LogP contribution in [0, 0.1) is 0 Å². The monoisotopic (exact) mass is 438 g/mol. The first-order valence-corrected chi connectivity index (χ1v) is 9.36. The van der Waals surface area contributed by atoms with E-state index in [4.69, 9.17) is 10.8 Å². The summed E-state index contributed by atoms with van der Waals surface area (Å²) in [6.45, 7) is -1.38. The highest BCUT2D eigenvalue weighted by Gasteiger charge is 2.26. The molecule has 0 heterocycles. The van der Waals surface area contributed by atoms with Crippen molar-refractivity contribution < 1.29 is 39.3 Å². The third kappa shape index (κ3) is 9.69. The minimum atomic E-state index is -1.44. The first-order valence-electron chi connectivity index (χ1n) is 9.36. The molecule has 3 unspecified atom stereocenters. The molecule has 0 aromatic heterocycles. The summed E-state index contributed by atoms with van der Waals surface area (Å²) in [5.74, 6) is -4.91. The van der Waals surface area contributed by atoms with E-state index < -0.39 is 60.9 Å². The Hall–Kier alpha value is -3.51. The molecule has 0 aliphatic heterocycles. The Labute approximate surface area is 177 Å². The predicted molar refractivity (Wildman–Crippen MR) is 107 cm³/mol. The van der Waals surface area contributed by atoms with Gasteiger partial charge in [0.25, 0.3) is 0 Å². The number of nitrogens with one attached hydrogen (secondary N) is 3. The van der Waals surface area contributed by atoms with Crippen LogP contribution < -0.4 is 21.7 Å². The van der Waals surface area contributed by atoms with E-state index in [1.54, 1.807) is 30.3 Å². The third-order valence-corrected chi connectivity index (χ3v) is 4.16. The van der Waals surface area contributed by atoms with E-state index in [-0.39, 0.29) is 19.3 Å². The summed E-state index contributed by atoms with van der Waals surface area (Å²) in [5, 5.41) is 33.9. The number of benzene rings is 1. The van der Waals surface area contributed by atoms with Crippen molar-refractivity contribution in [1.29, 1.82) is 0 Å². The van der Waals surface area contributed by atoms with Crippen molar-refractivity contribution in [2.24, 2.45) is 5.73 Å². The molecule has 0 saturated heterocycles. The smallest absolute Gasteiger partial charge is 0.326 e. The Morgan fingerprint density at radius 2 is 1.58 bits per heavy atom. The van der Waals surface area contributed by atoms with Gasteiger partial charge in [0.2, 0.25) is 17.7 Å². The highest BCUT2D eigenvalue weighted by atomic mass is 16.4. The van der Waals surface area contributed by atoms with Gasteiger partial charge in [-0.05, 0) is 12.0 Å². The maximum Gasteiger partial charge on any atom is 0.326 e. The van der Waals surface area contributed by atoms with Crippen LogP contribution in [0.3, 0.4) is 0 Å². The van der Waals surface area contributed by atoms with Crippen molar-refractivity contribution in [3.05, 3.63) is 35.9 Å². The number of amides is 3. The van der Waals surface area contributed by atoms with Crippen molar-refractivity contribution >= 4 is 29.7 Å². The van der Waals surface area contributed by atoms with E-state index in [0.29, 0.717) is 5.56 Å². The van der Waals surface area contributed by atoms with Crippen LogP contribution in [0.4, 0.5) is 0 Å². The Bertz CT molecular complexity index is 786. The second-order valence-electron chi connectivity index (χ2n) is 6.65. The van der Waals surface area contributed by atoms with Crippen LogP contribution >= 0.6 is 0 Å². The summed E-state index contributed by atoms with van der Waals surface area (Å²) >= 11 is 0. The van der Waals surface area contributed by atoms with Crippen molar-refractivity contribution in [1.82, 2.24) is 16.0 Å². The standard InChI is InChI=1S/C19H26N4O8/c20-12(6-7-16(26)27)17(28)21-9-15(25)22-14(10-24)18(29)23-13(19(30)31)8-11-4-2-1-3-5-11/h1-5,12-14,24H,6-10,20H2,(H,21,28)(H,22,25)(H,23,29)(H,26,27)(H,30,31). The number of carboxylic acids is 2. The normalized spacial score (nSPS) is 13.4. The first kappa shape index (κ1) is 25.5. The van der Waals surface area contributed by atoms with Crippen LogP contribution in [0.25, 0.3) is 0 Å². The lowest BCUT2D eigenvalue weighted by atomic mass is 10.1. The largest absolute Gasteiger partial charge is 0.481 e. The summed E-state index contributed by atoms with van der Waals surface area (Å²) < 4.78 is 0. The molecule has 0 aliphatic rings. The van der Waals surface area contributed by atoms with Gasteiger partial charge in [0.15, 0.2) is 0 Å². The number of carbonyl (C=O) groups is 5. The van der Waals surface area contributed by atoms with Gasteiger partial charge in [0, 0.05) is 12.8 Å². The van der Waals surface area contributed by atoms with Gasteiger partial charge in [0.05, 0.1) is 19.2 Å². The number of nitrogens with two attached hydrogens (primary N) is 1. The van der Waals surface area contributed by atoms with Gasteiger partial charge < -0.3 is 37.0 Å². The van der Waals surface area contributed by atoms with Gasteiger partial charge in [-0.2, -0.15) is 0 Å². The molecule has 0 spiro atoms. The van der Waals surface area contributed by atoms with Gasteiger partial charge in [-0.15, -0.1) is 0 Å². The van der Waals surface area contributed by atoms with Crippen molar-refractivity contribution in [3.8, 4) is 0 Å². The highest BCUT2D eigenvalue weighted by Crippen LogP contribution is 2.04. The average Bonchev–Trinajstić information content (AvgIpc) is 2.73. The van der Waals surface area contributed by atoms with Crippen LogP contribution in [-0.2, 0) is 30.4 Å². The molecule has 0 fully saturated rings. The Balaban J connectivity index is 2.56. The molecule has 0 bridgehead atoms. The lowest BCUT2D eigenvalue weighted by molar-refractivity contribution is -0.142. The summed E-state index contributed by atoms with van der Waals surface area (Å²) in [6, 6.07) is 4.72. The minimum Gasteiger partial charge on any atom is -0.481 e. The molecule has 12 nitrogen and oxygen atoms in total. The molecule has 1 aromatic carbocycles. The fourth-order valence-corrected chi connectivity index (χ4v) is 2.47. The van der Waals surface area contributed by atoms with E-state index in [1.165, 1.54) is 0 Å². The maximum absolute atomic E-state index is 12.3. The number of carboxylic acid groups (broad SMARTS) is 2. The molecular formula is C19H26N4O8. The van der Waals surface area contributed by atoms with E-state index in [1.807, 2.05) is 0 Å². The van der Waals surface area contributed by atoms with Crippen molar-refractivity contribution in [3.63, 3.8) is 0 Å². The first-order chi connectivity index (χ1) is 14.6. The van der Waals surface area contributed by atoms with Gasteiger partial charge in [-0.25, -0.2) is 4.79 Å². The summed E-state index contributed by atoms with van der Waals surface area (Å²) in [7, 11) is 0. The zero-order valence-corrected chi connectivity index (χ0v) is 16.6. The quantitative estimate of drug-likeness (QED) is 0.175. The molecule has 170 valence electrons. The SMILES string of the molecule is NC(CCC(=O)O)C(=O)NCC(=O)NC(CO)C(=O)NC(Cc1ccccc1)C(=O)O. The van der Waals surface area contributed by atoms with Crippen LogP contribution in [-0.4, -0.2) is 76.3 Å². The number of hydrogen-bond acceptors (Lipinski definition) is 7. The molecule has 8 N–H and O–H groups in total. The van der Waals surface area contributed by atoms with Crippen molar-refractivity contribution in [2.45, 2.75) is 37.4 Å². The predicted octanol–water partition coefficient (Wildman–Crippen LogP) is -2.42. The molecule has 3 amide bonds. The minimum absolute atomic E-state index is 0.00169. The van der Waals surface area contributed by atoms with Crippen LogP contribution in [0.2, 0.25) is 0 Å². The lowest BCUT2D eigenvalue weighted by Gasteiger charge is -2.20. The number of aliphatic hydroxyl groups is 1. The molecular weight excluding hydrogens is 412 g/mol. The molecule has 12 heteroatoms. The van der Waals surface area contributed by atoms with Crippen LogP contribution in [0.5, 0.6) is 0 Å². The Morgan fingerprint density at radius 3 is 2.13 bits per heavy atom. The van der Waals surface area contributed by atoms with Crippen LogP contribution in [0.1, 0.15) is 18.4 Å². The lowest BCUT2D eigenvalue weighted by Crippen LogP contribution is -2.55. The van der Waals surface area contributed by atoms with E-state index in [2.05, 4.69) is 16.0 Å². The molecule has 1 aromatic rings. The topological polar surface area (TPSA) is 208 Å². The number of carbonyl (C=O) groups excluding carboxylic acids is 3. The number of aliphatic hydroxyl groups excluding tert-OH is 1. The fourth-order valence-electron chi connectivity index (χ4n) is 2.47. The van der Waals surface area contributed by atoms with Gasteiger partial charge >= 0.3 is 11.9 Å². The van der Waals surface area contributed by atoms with Crippen LogP contribution in [0.15, 0.2) is 30.3 Å². The molecule has 0 aliphatic carbocycles. The van der Waals surface area contributed by atoms with E-state index in [9.17, 15) is 34.2 Å². The fraction of sp³-hybridized carbons (Fsp3) is 0.421. The maximum atomic E-state index is 12.3. The highest BCUT2D eigenvalue weighted by molar-refractivity contribution is 5.92. The summed E-state index contributed by atoms with van der Waals surface area (Å²) in [4.78, 5) is 57.9. The molecule has 0 saturated carbocycles. The van der Waals surface area contributed by atoms with Gasteiger partial charge in [-0.3, -0.25) is 19.2 Å². The molecule has 0 radical (unpaired) electrons. The number of hydrogen-bond donors (Lipinski definition) is 7. The van der Waals surface area contributed by atoms with Crippen molar-refractivity contribution in [2.75, 3.05) is 13.2 Å². The molecule has 1 rings (SSSR count). The zero-order chi connectivity index (χ0) is 23.4. The summed E-state index contributed by atoms with van der Waals surface area (Å²) in [6.07, 6.45) is -0.442. The van der Waals surface area contributed by atoms with Gasteiger partial charge in [0.1, 0.15) is 12.1 Å². The van der Waals surface area contributed by atoms with E-state index >= 15 is 0 Å². The second-order valence-corrected chi connectivity index (χ2v) is 6.65. The number of aliphatic carboxylic acids is 2.